The lowest BCUT2D eigenvalue weighted by atomic mass is 10.0. The molecule has 2 heterocycles. The van der Waals surface area contributed by atoms with Crippen LogP contribution in [0.3, 0.4) is 0 Å². The first-order chi connectivity index (χ1) is 7.50. The molecule has 0 N–H and O–H groups in total. The molecule has 0 saturated heterocycles. The zero-order valence-corrected chi connectivity index (χ0v) is 9.77. The quantitative estimate of drug-likeness (QED) is 0.748. The van der Waals surface area contributed by atoms with Gasteiger partial charge in [0.15, 0.2) is 0 Å². The molecule has 0 aromatic carbocycles. The summed E-state index contributed by atoms with van der Waals surface area (Å²) in [5.41, 5.74) is -0.0859. The van der Waals surface area contributed by atoms with Crippen molar-refractivity contribution in [1.29, 1.82) is 0 Å². The maximum absolute atomic E-state index is 12.1. The Labute approximate surface area is 98.1 Å². The van der Waals surface area contributed by atoms with Crippen LogP contribution in [0.2, 0.25) is 0 Å². The summed E-state index contributed by atoms with van der Waals surface area (Å²) in [5, 5.41) is 5.83. The zero-order chi connectivity index (χ0) is 11.8. The summed E-state index contributed by atoms with van der Waals surface area (Å²) in [6.45, 7) is 3.82. The molecule has 0 unspecified atom stereocenters. The minimum absolute atomic E-state index is 0.261. The first-order valence-electron chi connectivity index (χ1n) is 4.84. The number of rotatable bonds is 1. The third-order valence-corrected chi connectivity index (χ3v) is 2.56. The zero-order valence-electron chi connectivity index (χ0n) is 9.01. The van der Waals surface area contributed by atoms with E-state index >= 15 is 0 Å². The molecule has 1 aromatic heterocycles. The fourth-order valence-corrected chi connectivity index (χ4v) is 1.96. The topological polar surface area (TPSA) is 58.5 Å². The van der Waals surface area contributed by atoms with Crippen molar-refractivity contribution in [2.45, 2.75) is 25.8 Å². The number of aromatic nitrogens is 2. The molecular weight excluding hydrogens is 228 g/mol. The van der Waals surface area contributed by atoms with Gasteiger partial charge < -0.3 is 0 Å². The Morgan fingerprint density at radius 3 is 2.81 bits per heavy atom. The Balaban J connectivity index is 2.30. The van der Waals surface area contributed by atoms with Gasteiger partial charge in [0.05, 0.1) is 5.54 Å². The first kappa shape index (κ1) is 11.0. The van der Waals surface area contributed by atoms with Gasteiger partial charge in [-0.2, -0.15) is 5.10 Å². The molecule has 1 amide bonds. The molecule has 0 atom stereocenters. The summed E-state index contributed by atoms with van der Waals surface area (Å²) in [7, 11) is 0. The predicted molar refractivity (Wildman–Crippen MR) is 60.2 cm³/mol. The summed E-state index contributed by atoms with van der Waals surface area (Å²) >= 11 is 5.85. The monoisotopic (exact) mass is 238 g/mol. The Morgan fingerprint density at radius 2 is 2.31 bits per heavy atom. The molecule has 0 radical (unpaired) electrons. The maximum Gasteiger partial charge on any atom is 0.293 e. The molecule has 0 aliphatic carbocycles. The van der Waals surface area contributed by atoms with Crippen LogP contribution in [-0.2, 0) is 0 Å². The second-order valence-corrected chi connectivity index (χ2v) is 4.61. The highest BCUT2D eigenvalue weighted by molar-refractivity contribution is 6.65. The van der Waals surface area contributed by atoms with Crippen LogP contribution in [0.25, 0.3) is 0 Å². The Morgan fingerprint density at radius 1 is 1.56 bits per heavy atom. The van der Waals surface area contributed by atoms with Gasteiger partial charge in [-0.15, -0.1) is 0 Å². The number of nitrogens with zero attached hydrogens (tertiary/aromatic N) is 4. The summed E-state index contributed by atoms with van der Waals surface area (Å²) in [6.07, 6.45) is 3.42. The SMILES string of the molecule is CC1(C)CC(Cl)=NN1C(=O)c1ccncn1. The van der Waals surface area contributed by atoms with Crippen molar-refractivity contribution in [1.82, 2.24) is 15.0 Å². The Bertz CT molecular complexity index is 443. The lowest BCUT2D eigenvalue weighted by molar-refractivity contribution is 0.0606. The van der Waals surface area contributed by atoms with Gasteiger partial charge in [0.1, 0.15) is 17.2 Å². The molecule has 1 aliphatic heterocycles. The van der Waals surface area contributed by atoms with E-state index in [9.17, 15) is 4.79 Å². The molecule has 0 spiro atoms. The fraction of sp³-hybridized carbons (Fsp3) is 0.400. The lowest BCUT2D eigenvalue weighted by Crippen LogP contribution is -2.41. The third-order valence-electron chi connectivity index (χ3n) is 2.35. The molecule has 6 heteroatoms. The van der Waals surface area contributed by atoms with Gasteiger partial charge >= 0.3 is 0 Å². The number of hydrogen-bond donors (Lipinski definition) is 0. The van der Waals surface area contributed by atoms with Gasteiger partial charge in [-0.05, 0) is 19.9 Å². The van der Waals surface area contributed by atoms with Crippen LogP contribution in [0.1, 0.15) is 30.8 Å². The minimum atomic E-state index is -0.404. The highest BCUT2D eigenvalue weighted by Crippen LogP contribution is 2.29. The van der Waals surface area contributed by atoms with E-state index in [0.717, 1.165) is 0 Å². The van der Waals surface area contributed by atoms with Crippen LogP contribution < -0.4 is 0 Å². The largest absolute Gasteiger partial charge is 0.293 e. The number of carbonyl (C=O) groups excluding carboxylic acids is 1. The summed E-state index contributed by atoms with van der Waals surface area (Å²) in [6, 6.07) is 1.56. The lowest BCUT2D eigenvalue weighted by Gasteiger charge is -2.27. The van der Waals surface area contributed by atoms with Crippen molar-refractivity contribution >= 4 is 22.7 Å². The molecule has 2 rings (SSSR count). The second-order valence-electron chi connectivity index (χ2n) is 4.18. The molecule has 0 bridgehead atoms. The number of hydrogen-bond acceptors (Lipinski definition) is 4. The van der Waals surface area contributed by atoms with Gasteiger partial charge in [-0.25, -0.2) is 15.0 Å². The molecule has 16 heavy (non-hydrogen) atoms. The summed E-state index contributed by atoms with van der Waals surface area (Å²) < 4.78 is 0. The van der Waals surface area contributed by atoms with Gasteiger partial charge in [-0.1, -0.05) is 11.6 Å². The number of amides is 1. The summed E-state index contributed by atoms with van der Waals surface area (Å²) in [4.78, 5) is 19.7. The first-order valence-corrected chi connectivity index (χ1v) is 5.22. The van der Waals surface area contributed by atoms with Gasteiger partial charge in [-0.3, -0.25) is 4.79 Å². The molecule has 5 nitrogen and oxygen atoms in total. The van der Waals surface area contributed by atoms with E-state index < -0.39 is 5.54 Å². The van der Waals surface area contributed by atoms with Crippen LogP contribution >= 0.6 is 11.6 Å². The van der Waals surface area contributed by atoms with Gasteiger partial charge in [0.2, 0.25) is 0 Å². The number of halogens is 1. The minimum Gasteiger partial charge on any atom is -0.265 e. The van der Waals surface area contributed by atoms with Crippen molar-refractivity contribution in [3.05, 3.63) is 24.3 Å². The highest BCUT2D eigenvalue weighted by Gasteiger charge is 2.38. The van der Waals surface area contributed by atoms with Crippen LogP contribution in [-0.4, -0.2) is 31.6 Å². The molecular formula is C10H11ClN4O. The number of hydrazone groups is 1. The molecule has 0 saturated carbocycles. The number of carbonyl (C=O) groups is 1. The molecule has 1 aliphatic rings. The van der Waals surface area contributed by atoms with Crippen molar-refractivity contribution in [3.8, 4) is 0 Å². The van der Waals surface area contributed by atoms with Crippen LogP contribution in [0.4, 0.5) is 0 Å². The van der Waals surface area contributed by atoms with Crippen molar-refractivity contribution < 1.29 is 4.79 Å². The van der Waals surface area contributed by atoms with E-state index in [0.29, 0.717) is 17.3 Å². The Kier molecular flexibility index (Phi) is 2.63. The van der Waals surface area contributed by atoms with Crippen molar-refractivity contribution in [2.75, 3.05) is 0 Å². The van der Waals surface area contributed by atoms with E-state index in [1.54, 1.807) is 6.07 Å². The van der Waals surface area contributed by atoms with Gasteiger partial charge in [0.25, 0.3) is 5.91 Å². The van der Waals surface area contributed by atoms with Crippen LogP contribution in [0.15, 0.2) is 23.7 Å². The molecule has 1 aromatic rings. The average molecular weight is 239 g/mol. The van der Waals surface area contributed by atoms with E-state index in [1.807, 2.05) is 13.8 Å². The third kappa shape index (κ3) is 1.90. The van der Waals surface area contributed by atoms with E-state index in [4.69, 9.17) is 11.6 Å². The van der Waals surface area contributed by atoms with E-state index in [-0.39, 0.29) is 5.91 Å². The van der Waals surface area contributed by atoms with E-state index in [2.05, 4.69) is 15.1 Å². The standard InChI is InChI=1S/C10H11ClN4O/c1-10(2)5-8(11)14-15(10)9(16)7-3-4-12-6-13-7/h3-4,6H,5H2,1-2H3. The van der Waals surface area contributed by atoms with Crippen molar-refractivity contribution in [3.63, 3.8) is 0 Å². The summed E-state index contributed by atoms with van der Waals surface area (Å²) in [5.74, 6) is -0.261. The Hall–Kier alpha value is -1.49. The predicted octanol–water partition coefficient (Wildman–Crippen LogP) is 1.65. The average Bonchev–Trinajstić information content (AvgIpc) is 2.52. The second kappa shape index (κ2) is 3.83. The normalized spacial score (nSPS) is 18.4. The van der Waals surface area contributed by atoms with Crippen molar-refractivity contribution in [2.24, 2.45) is 5.10 Å². The molecule has 0 fully saturated rings. The smallest absolute Gasteiger partial charge is 0.265 e. The van der Waals surface area contributed by atoms with Crippen LogP contribution in [0, 0.1) is 0 Å². The maximum atomic E-state index is 12.1. The van der Waals surface area contributed by atoms with Crippen LogP contribution in [0.5, 0.6) is 0 Å². The fourth-order valence-electron chi connectivity index (χ4n) is 1.56. The highest BCUT2D eigenvalue weighted by atomic mass is 35.5. The molecule has 84 valence electrons. The van der Waals surface area contributed by atoms with E-state index in [1.165, 1.54) is 17.5 Å². The van der Waals surface area contributed by atoms with Gasteiger partial charge in [0, 0.05) is 12.6 Å².